The summed E-state index contributed by atoms with van der Waals surface area (Å²) in [6.45, 7) is 5.56. The first kappa shape index (κ1) is 16.5. The second-order valence-corrected chi connectivity index (χ2v) is 7.36. The third-order valence-corrected chi connectivity index (χ3v) is 5.61. The third-order valence-electron chi connectivity index (χ3n) is 4.49. The van der Waals surface area contributed by atoms with Gasteiger partial charge in [0, 0.05) is 4.88 Å². The van der Waals surface area contributed by atoms with Crippen molar-refractivity contribution in [1.29, 1.82) is 5.26 Å². The molecule has 1 heterocycles. The van der Waals surface area contributed by atoms with E-state index in [0.717, 1.165) is 29.0 Å². The molecule has 1 aliphatic rings. The number of ether oxygens (including phenoxy) is 1. The highest BCUT2D eigenvalue weighted by molar-refractivity contribution is 7.16. The molecule has 5 heteroatoms. The Morgan fingerprint density at radius 2 is 2.08 bits per heavy atom. The second kappa shape index (κ2) is 6.66. The van der Waals surface area contributed by atoms with Crippen molar-refractivity contribution in [2.45, 2.75) is 46.1 Å². The highest BCUT2D eigenvalue weighted by Gasteiger charge is 2.20. The summed E-state index contributed by atoms with van der Waals surface area (Å²) in [5.41, 5.74) is 4.15. The van der Waals surface area contributed by atoms with E-state index in [1.807, 2.05) is 26.0 Å². The van der Waals surface area contributed by atoms with Gasteiger partial charge in [0.05, 0.1) is 5.56 Å². The molecule has 0 saturated heterocycles. The maximum Gasteiger partial charge on any atom is 0.265 e. The number of amides is 1. The predicted octanol–water partition coefficient (Wildman–Crippen LogP) is 4.13. The molecular formula is C19H20N2O2S. The molecule has 0 bridgehead atoms. The average Bonchev–Trinajstić information content (AvgIpc) is 3.12. The van der Waals surface area contributed by atoms with Crippen LogP contribution in [-0.2, 0) is 17.6 Å². The summed E-state index contributed by atoms with van der Waals surface area (Å²) < 4.78 is 5.79. The number of anilines is 1. The topological polar surface area (TPSA) is 62.1 Å². The van der Waals surface area contributed by atoms with Crippen molar-refractivity contribution >= 4 is 22.2 Å². The van der Waals surface area contributed by atoms with Crippen molar-refractivity contribution in [1.82, 2.24) is 0 Å². The van der Waals surface area contributed by atoms with Gasteiger partial charge in [-0.05, 0) is 68.9 Å². The number of nitrogens with zero attached hydrogens (tertiary/aromatic N) is 1. The first-order valence-corrected chi connectivity index (χ1v) is 8.90. The summed E-state index contributed by atoms with van der Waals surface area (Å²) in [7, 11) is 0. The van der Waals surface area contributed by atoms with E-state index >= 15 is 0 Å². The van der Waals surface area contributed by atoms with Crippen LogP contribution in [0, 0.1) is 25.2 Å². The summed E-state index contributed by atoms with van der Waals surface area (Å²) >= 11 is 1.42. The van der Waals surface area contributed by atoms with Gasteiger partial charge in [0.25, 0.3) is 5.91 Å². The lowest BCUT2D eigenvalue weighted by atomic mass is 10.1. The molecule has 1 unspecified atom stereocenters. The van der Waals surface area contributed by atoms with E-state index in [1.165, 1.54) is 28.9 Å². The van der Waals surface area contributed by atoms with Crippen LogP contribution >= 0.6 is 11.3 Å². The Bertz CT molecular complexity index is 833. The molecule has 2 aromatic rings. The second-order valence-electron chi connectivity index (χ2n) is 6.13. The van der Waals surface area contributed by atoms with Crippen LogP contribution in [0.1, 0.15) is 40.5 Å². The SMILES string of the molecule is Cc1sc(NC(=O)C(C)Oc2ccc3c(c2)CCC3)c(C#N)c1C. The Morgan fingerprint density at radius 1 is 1.33 bits per heavy atom. The van der Waals surface area contributed by atoms with E-state index in [4.69, 9.17) is 4.74 Å². The first-order chi connectivity index (χ1) is 11.5. The minimum Gasteiger partial charge on any atom is -0.481 e. The Kier molecular flexibility index (Phi) is 4.59. The number of fused-ring (bicyclic) bond motifs is 1. The molecule has 1 aromatic heterocycles. The summed E-state index contributed by atoms with van der Waals surface area (Å²) in [5, 5.41) is 12.7. The molecule has 1 aliphatic carbocycles. The van der Waals surface area contributed by atoms with Crippen LogP contribution in [0.15, 0.2) is 18.2 Å². The molecule has 0 spiro atoms. The standard InChI is InChI=1S/C19H20N2O2S/c1-11-13(3)24-19(17(11)10-20)21-18(22)12(2)23-16-8-7-14-5-4-6-15(14)9-16/h7-9,12H,4-6H2,1-3H3,(H,21,22). The van der Waals surface area contributed by atoms with Crippen LogP contribution in [0.3, 0.4) is 0 Å². The highest BCUT2D eigenvalue weighted by Crippen LogP contribution is 2.32. The largest absolute Gasteiger partial charge is 0.481 e. The van der Waals surface area contributed by atoms with Gasteiger partial charge < -0.3 is 10.1 Å². The number of carbonyl (C=O) groups is 1. The zero-order valence-corrected chi connectivity index (χ0v) is 14.9. The van der Waals surface area contributed by atoms with Crippen molar-refractivity contribution in [2.24, 2.45) is 0 Å². The monoisotopic (exact) mass is 340 g/mol. The van der Waals surface area contributed by atoms with E-state index < -0.39 is 6.10 Å². The molecular weight excluding hydrogens is 320 g/mol. The molecule has 1 atom stereocenters. The molecule has 24 heavy (non-hydrogen) atoms. The molecule has 3 rings (SSSR count). The molecule has 0 radical (unpaired) electrons. The van der Waals surface area contributed by atoms with Gasteiger partial charge in [-0.1, -0.05) is 6.07 Å². The van der Waals surface area contributed by atoms with E-state index in [2.05, 4.69) is 17.5 Å². The number of hydrogen-bond donors (Lipinski definition) is 1. The molecule has 0 fully saturated rings. The molecule has 1 amide bonds. The summed E-state index contributed by atoms with van der Waals surface area (Å²) in [6, 6.07) is 8.21. The maximum atomic E-state index is 12.4. The lowest BCUT2D eigenvalue weighted by Gasteiger charge is -2.15. The Hall–Kier alpha value is -2.32. The normalized spacial score (nSPS) is 13.9. The zero-order chi connectivity index (χ0) is 17.3. The van der Waals surface area contributed by atoms with Crippen LogP contribution in [0.25, 0.3) is 0 Å². The molecule has 0 saturated carbocycles. The van der Waals surface area contributed by atoms with E-state index in [-0.39, 0.29) is 5.91 Å². The number of carbonyl (C=O) groups excluding carboxylic acids is 1. The van der Waals surface area contributed by atoms with Crippen molar-refractivity contribution in [2.75, 3.05) is 5.32 Å². The van der Waals surface area contributed by atoms with Gasteiger partial charge in [0.15, 0.2) is 6.10 Å². The lowest BCUT2D eigenvalue weighted by molar-refractivity contribution is -0.122. The van der Waals surface area contributed by atoms with Gasteiger partial charge in [-0.25, -0.2) is 0 Å². The number of nitrogens with one attached hydrogen (secondary N) is 1. The highest BCUT2D eigenvalue weighted by atomic mass is 32.1. The molecule has 1 N–H and O–H groups in total. The van der Waals surface area contributed by atoms with E-state index in [1.54, 1.807) is 6.92 Å². The molecule has 0 aliphatic heterocycles. The van der Waals surface area contributed by atoms with Crippen LogP contribution in [0.2, 0.25) is 0 Å². The summed E-state index contributed by atoms with van der Waals surface area (Å²) in [5.74, 6) is 0.477. The van der Waals surface area contributed by atoms with Crippen molar-refractivity contribution in [3.8, 4) is 11.8 Å². The van der Waals surface area contributed by atoms with Crippen LogP contribution < -0.4 is 10.1 Å². The fourth-order valence-corrected chi connectivity index (χ4v) is 3.96. The van der Waals surface area contributed by atoms with E-state index in [0.29, 0.717) is 10.6 Å². The van der Waals surface area contributed by atoms with Crippen molar-refractivity contribution < 1.29 is 9.53 Å². The minimum atomic E-state index is -0.626. The molecule has 1 aromatic carbocycles. The quantitative estimate of drug-likeness (QED) is 0.910. The van der Waals surface area contributed by atoms with Gasteiger partial charge >= 0.3 is 0 Å². The number of nitriles is 1. The zero-order valence-electron chi connectivity index (χ0n) is 14.1. The van der Waals surface area contributed by atoms with Crippen molar-refractivity contribution in [3.63, 3.8) is 0 Å². The average molecular weight is 340 g/mol. The van der Waals surface area contributed by atoms with Gasteiger partial charge in [0.1, 0.15) is 16.8 Å². The fourth-order valence-electron chi connectivity index (χ4n) is 2.94. The third kappa shape index (κ3) is 3.15. The van der Waals surface area contributed by atoms with Gasteiger partial charge in [-0.2, -0.15) is 5.26 Å². The smallest absolute Gasteiger partial charge is 0.265 e. The Labute approximate surface area is 146 Å². The number of aryl methyl sites for hydroxylation is 3. The summed E-state index contributed by atoms with van der Waals surface area (Å²) in [6.07, 6.45) is 2.76. The number of rotatable bonds is 4. The fraction of sp³-hybridized carbons (Fsp3) is 0.368. The van der Waals surface area contributed by atoms with Crippen LogP contribution in [-0.4, -0.2) is 12.0 Å². The Balaban J connectivity index is 1.69. The van der Waals surface area contributed by atoms with Crippen molar-refractivity contribution in [3.05, 3.63) is 45.3 Å². The maximum absolute atomic E-state index is 12.4. The minimum absolute atomic E-state index is 0.242. The van der Waals surface area contributed by atoms with Crippen LogP contribution in [0.5, 0.6) is 5.75 Å². The molecule has 124 valence electrons. The van der Waals surface area contributed by atoms with Gasteiger partial charge in [-0.3, -0.25) is 4.79 Å². The summed E-state index contributed by atoms with van der Waals surface area (Å²) in [4.78, 5) is 13.4. The number of hydrogen-bond acceptors (Lipinski definition) is 4. The van der Waals surface area contributed by atoms with Crippen LogP contribution in [0.4, 0.5) is 5.00 Å². The van der Waals surface area contributed by atoms with Gasteiger partial charge in [0.2, 0.25) is 0 Å². The lowest BCUT2D eigenvalue weighted by Crippen LogP contribution is -2.30. The van der Waals surface area contributed by atoms with E-state index in [9.17, 15) is 10.1 Å². The number of benzene rings is 1. The Morgan fingerprint density at radius 3 is 2.83 bits per heavy atom. The van der Waals surface area contributed by atoms with Gasteiger partial charge in [-0.15, -0.1) is 11.3 Å². The molecule has 4 nitrogen and oxygen atoms in total. The predicted molar refractivity (Wildman–Crippen MR) is 95.7 cm³/mol. The number of thiophene rings is 1. The first-order valence-electron chi connectivity index (χ1n) is 8.09.